The van der Waals surface area contributed by atoms with Gasteiger partial charge in [-0.3, -0.25) is 4.90 Å². The minimum Gasteiger partial charge on any atom is -0.391 e. The summed E-state index contributed by atoms with van der Waals surface area (Å²) >= 11 is 5.55. The summed E-state index contributed by atoms with van der Waals surface area (Å²) in [7, 11) is 1.98. The highest BCUT2D eigenvalue weighted by Crippen LogP contribution is 2.07. The Hall–Kier alpha value is -0.570. The normalized spacial score (nSPS) is 13.1. The maximum Gasteiger partial charge on any atom is 0.0802 e. The standard InChI is InChI=1S/C12H18ClNO/c1-10-4-3-5-11(6-10)8-14(2)9-12(15)7-13/h3-6,12,15H,7-9H2,1-2H3. The van der Waals surface area contributed by atoms with Crippen LogP contribution in [0.15, 0.2) is 24.3 Å². The molecule has 1 unspecified atom stereocenters. The first-order valence-corrected chi connectivity index (χ1v) is 5.63. The molecular weight excluding hydrogens is 210 g/mol. The molecule has 3 heteroatoms. The highest BCUT2D eigenvalue weighted by molar-refractivity contribution is 6.18. The van der Waals surface area contributed by atoms with Crippen LogP contribution < -0.4 is 0 Å². The van der Waals surface area contributed by atoms with Crippen molar-refractivity contribution < 1.29 is 5.11 Å². The molecule has 1 aromatic carbocycles. The van der Waals surface area contributed by atoms with Crippen LogP contribution in [0.5, 0.6) is 0 Å². The first kappa shape index (κ1) is 12.5. The molecule has 0 radical (unpaired) electrons. The number of aliphatic hydroxyl groups excluding tert-OH is 1. The number of likely N-dealkylation sites (N-methyl/N-ethyl adjacent to an activating group) is 1. The molecule has 0 aliphatic heterocycles. The fourth-order valence-electron chi connectivity index (χ4n) is 1.60. The summed E-state index contributed by atoms with van der Waals surface area (Å²) in [6.45, 7) is 3.53. The lowest BCUT2D eigenvalue weighted by Crippen LogP contribution is -2.29. The van der Waals surface area contributed by atoms with Gasteiger partial charge in [-0.1, -0.05) is 29.8 Å². The summed E-state index contributed by atoms with van der Waals surface area (Å²) in [5.74, 6) is 0.290. The molecule has 0 fully saturated rings. The van der Waals surface area contributed by atoms with Crippen LogP contribution in [-0.2, 0) is 6.54 Å². The molecule has 0 aliphatic carbocycles. The molecule has 0 aromatic heterocycles. The van der Waals surface area contributed by atoms with E-state index in [1.165, 1.54) is 11.1 Å². The number of aliphatic hydroxyl groups is 1. The van der Waals surface area contributed by atoms with Crippen LogP contribution in [0.3, 0.4) is 0 Å². The predicted molar refractivity (Wildman–Crippen MR) is 64.2 cm³/mol. The third-order valence-electron chi connectivity index (χ3n) is 2.24. The van der Waals surface area contributed by atoms with Gasteiger partial charge in [-0.2, -0.15) is 0 Å². The lowest BCUT2D eigenvalue weighted by Gasteiger charge is -2.19. The van der Waals surface area contributed by atoms with Gasteiger partial charge in [0.15, 0.2) is 0 Å². The zero-order valence-corrected chi connectivity index (χ0v) is 10.0. The first-order chi connectivity index (χ1) is 7.11. The molecule has 0 saturated carbocycles. The van der Waals surface area contributed by atoms with E-state index in [4.69, 9.17) is 11.6 Å². The van der Waals surface area contributed by atoms with Gasteiger partial charge < -0.3 is 5.11 Å². The molecule has 1 rings (SSSR count). The van der Waals surface area contributed by atoms with Gasteiger partial charge in [0.1, 0.15) is 0 Å². The van der Waals surface area contributed by atoms with Crippen LogP contribution in [0, 0.1) is 6.92 Å². The quantitative estimate of drug-likeness (QED) is 0.779. The van der Waals surface area contributed by atoms with E-state index in [0.717, 1.165) is 6.54 Å². The second kappa shape index (κ2) is 6.11. The largest absolute Gasteiger partial charge is 0.391 e. The molecule has 2 nitrogen and oxygen atoms in total. The van der Waals surface area contributed by atoms with Crippen LogP contribution >= 0.6 is 11.6 Å². The fraction of sp³-hybridized carbons (Fsp3) is 0.500. The van der Waals surface area contributed by atoms with Crippen molar-refractivity contribution in [1.29, 1.82) is 0 Å². The number of nitrogens with zero attached hydrogens (tertiary/aromatic N) is 1. The van der Waals surface area contributed by atoms with Crippen LogP contribution in [0.2, 0.25) is 0 Å². The number of alkyl halides is 1. The van der Waals surface area contributed by atoms with E-state index < -0.39 is 6.10 Å². The maximum atomic E-state index is 9.39. The summed E-state index contributed by atoms with van der Waals surface area (Å²) in [4.78, 5) is 2.07. The average Bonchev–Trinajstić information content (AvgIpc) is 2.17. The van der Waals surface area contributed by atoms with E-state index in [2.05, 4.69) is 36.1 Å². The molecule has 0 saturated heterocycles. The summed E-state index contributed by atoms with van der Waals surface area (Å²) in [6.07, 6.45) is -0.443. The van der Waals surface area contributed by atoms with Crippen molar-refractivity contribution in [3.63, 3.8) is 0 Å². The second-order valence-corrected chi connectivity index (χ2v) is 4.30. The van der Waals surface area contributed by atoms with E-state index in [0.29, 0.717) is 6.54 Å². The summed E-state index contributed by atoms with van der Waals surface area (Å²) in [5, 5.41) is 9.39. The zero-order chi connectivity index (χ0) is 11.3. The predicted octanol–water partition coefficient (Wildman–Crippen LogP) is 2.03. The number of halogens is 1. The van der Waals surface area contributed by atoms with Gasteiger partial charge >= 0.3 is 0 Å². The molecule has 0 amide bonds. The van der Waals surface area contributed by atoms with Crippen molar-refractivity contribution >= 4 is 11.6 Å². The van der Waals surface area contributed by atoms with Gasteiger partial charge in [0.05, 0.1) is 6.10 Å². The van der Waals surface area contributed by atoms with E-state index in [1.807, 2.05) is 7.05 Å². The number of hydrogen-bond donors (Lipinski definition) is 1. The average molecular weight is 228 g/mol. The van der Waals surface area contributed by atoms with Crippen LogP contribution in [-0.4, -0.2) is 35.6 Å². The molecule has 1 aromatic rings. The maximum absolute atomic E-state index is 9.39. The van der Waals surface area contributed by atoms with E-state index >= 15 is 0 Å². The van der Waals surface area contributed by atoms with Gasteiger partial charge in [-0.25, -0.2) is 0 Å². The minimum absolute atomic E-state index is 0.290. The molecule has 0 aliphatic rings. The lowest BCUT2D eigenvalue weighted by molar-refractivity contribution is 0.141. The molecule has 0 spiro atoms. The van der Waals surface area contributed by atoms with E-state index in [1.54, 1.807) is 0 Å². The number of rotatable bonds is 5. The second-order valence-electron chi connectivity index (χ2n) is 3.99. The summed E-state index contributed by atoms with van der Waals surface area (Å²) < 4.78 is 0. The lowest BCUT2D eigenvalue weighted by atomic mass is 10.1. The van der Waals surface area contributed by atoms with Crippen molar-refractivity contribution in [3.05, 3.63) is 35.4 Å². The van der Waals surface area contributed by atoms with Crippen molar-refractivity contribution in [1.82, 2.24) is 4.90 Å². The van der Waals surface area contributed by atoms with Gasteiger partial charge in [0, 0.05) is 19.0 Å². The van der Waals surface area contributed by atoms with Crippen molar-refractivity contribution in [2.24, 2.45) is 0 Å². The van der Waals surface area contributed by atoms with E-state index in [9.17, 15) is 5.11 Å². The minimum atomic E-state index is -0.443. The number of benzene rings is 1. The molecule has 1 atom stereocenters. The first-order valence-electron chi connectivity index (χ1n) is 5.10. The summed E-state index contributed by atoms with van der Waals surface area (Å²) in [5.41, 5.74) is 2.53. The highest BCUT2D eigenvalue weighted by atomic mass is 35.5. The Morgan fingerprint density at radius 1 is 1.47 bits per heavy atom. The highest BCUT2D eigenvalue weighted by Gasteiger charge is 2.06. The monoisotopic (exact) mass is 227 g/mol. The smallest absolute Gasteiger partial charge is 0.0802 e. The Balaban J connectivity index is 2.47. The topological polar surface area (TPSA) is 23.5 Å². The molecular formula is C12H18ClNO. The Morgan fingerprint density at radius 2 is 2.20 bits per heavy atom. The molecule has 0 heterocycles. The zero-order valence-electron chi connectivity index (χ0n) is 9.28. The van der Waals surface area contributed by atoms with Gasteiger partial charge in [-0.15, -0.1) is 11.6 Å². The molecule has 84 valence electrons. The number of hydrogen-bond acceptors (Lipinski definition) is 2. The van der Waals surface area contributed by atoms with Gasteiger partial charge in [0.2, 0.25) is 0 Å². The van der Waals surface area contributed by atoms with Crippen molar-refractivity contribution in [2.75, 3.05) is 19.5 Å². The van der Waals surface area contributed by atoms with Gasteiger partial charge in [-0.05, 0) is 19.5 Å². The van der Waals surface area contributed by atoms with Crippen LogP contribution in [0.4, 0.5) is 0 Å². The third kappa shape index (κ3) is 4.65. The number of aryl methyl sites for hydroxylation is 1. The van der Waals surface area contributed by atoms with E-state index in [-0.39, 0.29) is 5.88 Å². The van der Waals surface area contributed by atoms with Crippen LogP contribution in [0.1, 0.15) is 11.1 Å². The summed E-state index contributed by atoms with van der Waals surface area (Å²) in [6, 6.07) is 8.38. The molecule has 15 heavy (non-hydrogen) atoms. The van der Waals surface area contributed by atoms with Crippen LogP contribution in [0.25, 0.3) is 0 Å². The third-order valence-corrected chi connectivity index (χ3v) is 2.59. The fourth-order valence-corrected chi connectivity index (χ4v) is 1.69. The SMILES string of the molecule is Cc1cccc(CN(C)CC(O)CCl)c1. The molecule has 1 N–H and O–H groups in total. The van der Waals surface area contributed by atoms with Crippen molar-refractivity contribution in [2.45, 2.75) is 19.6 Å². The Morgan fingerprint density at radius 3 is 2.80 bits per heavy atom. The Labute approximate surface area is 96.5 Å². The Bertz CT molecular complexity index is 303. The Kier molecular flexibility index (Phi) is 5.09. The van der Waals surface area contributed by atoms with Crippen molar-refractivity contribution in [3.8, 4) is 0 Å². The van der Waals surface area contributed by atoms with Gasteiger partial charge in [0.25, 0.3) is 0 Å². The molecule has 0 bridgehead atoms.